The Morgan fingerprint density at radius 2 is 1.84 bits per heavy atom. The molecule has 4 rings (SSSR count). The van der Waals surface area contributed by atoms with Gasteiger partial charge in [-0.3, -0.25) is 4.79 Å². The van der Waals surface area contributed by atoms with Crippen LogP contribution in [0.2, 0.25) is 0 Å². The Hall–Kier alpha value is -3.60. The van der Waals surface area contributed by atoms with Crippen molar-refractivity contribution in [2.45, 2.75) is 26.3 Å². The van der Waals surface area contributed by atoms with Crippen LogP contribution in [0.3, 0.4) is 0 Å². The first kappa shape index (κ1) is 20.7. The second-order valence-corrected chi connectivity index (χ2v) is 7.65. The quantitative estimate of drug-likeness (QED) is 0.424. The van der Waals surface area contributed by atoms with E-state index in [2.05, 4.69) is 53.2 Å². The number of carbonyl (C=O) groups excluding carboxylic acids is 1. The molecule has 1 amide bonds. The number of carbonyl (C=O) groups is 1. The summed E-state index contributed by atoms with van der Waals surface area (Å²) < 4.78 is 7.57. The first-order valence-corrected chi connectivity index (χ1v) is 10.6. The predicted molar refractivity (Wildman–Crippen MR) is 124 cm³/mol. The van der Waals surface area contributed by atoms with Crippen LogP contribution < -0.4 is 10.1 Å². The van der Waals surface area contributed by atoms with Gasteiger partial charge < -0.3 is 14.6 Å². The highest BCUT2D eigenvalue weighted by atomic mass is 16.5. The summed E-state index contributed by atoms with van der Waals surface area (Å²) in [5.74, 6) is 1.50. The summed E-state index contributed by atoms with van der Waals surface area (Å²) in [5, 5.41) is 3.00. The monoisotopic (exact) mass is 413 g/mol. The Morgan fingerprint density at radius 1 is 1.03 bits per heavy atom. The van der Waals surface area contributed by atoms with E-state index >= 15 is 0 Å². The highest BCUT2D eigenvalue weighted by Crippen LogP contribution is 2.20. The van der Waals surface area contributed by atoms with Crippen LogP contribution in [0.25, 0.3) is 11.0 Å². The first-order chi connectivity index (χ1) is 15.2. The van der Waals surface area contributed by atoms with Crippen molar-refractivity contribution in [3.8, 4) is 5.75 Å². The Kier molecular flexibility index (Phi) is 6.32. The van der Waals surface area contributed by atoms with Crippen LogP contribution in [0.5, 0.6) is 5.75 Å². The lowest BCUT2D eigenvalue weighted by atomic mass is 10.1. The number of aryl methyl sites for hydroxylation is 2. The van der Waals surface area contributed by atoms with Crippen molar-refractivity contribution in [2.75, 3.05) is 13.7 Å². The van der Waals surface area contributed by atoms with E-state index in [1.165, 1.54) is 11.1 Å². The summed E-state index contributed by atoms with van der Waals surface area (Å²) in [6, 6.07) is 24.1. The zero-order valence-corrected chi connectivity index (χ0v) is 18.0. The SMILES string of the molecule is COc1ccccc1C(=O)NCCCc1nc2ccccc2n1Cc1cccc(C)c1. The predicted octanol–water partition coefficient (Wildman–Crippen LogP) is 4.76. The number of fused-ring (bicyclic) bond motifs is 1. The van der Waals surface area contributed by atoms with Gasteiger partial charge in [-0.1, -0.05) is 54.1 Å². The lowest BCUT2D eigenvalue weighted by molar-refractivity contribution is 0.0950. The second-order valence-electron chi connectivity index (χ2n) is 7.65. The van der Waals surface area contributed by atoms with Gasteiger partial charge in [-0.25, -0.2) is 4.98 Å². The molecule has 0 spiro atoms. The fraction of sp³-hybridized carbons (Fsp3) is 0.231. The average molecular weight is 414 g/mol. The summed E-state index contributed by atoms with van der Waals surface area (Å²) in [5.41, 5.74) is 5.20. The molecule has 1 aromatic heterocycles. The summed E-state index contributed by atoms with van der Waals surface area (Å²) in [6.07, 6.45) is 1.59. The van der Waals surface area contributed by atoms with Crippen LogP contribution in [0.15, 0.2) is 72.8 Å². The number of hydrogen-bond acceptors (Lipinski definition) is 3. The third kappa shape index (κ3) is 4.77. The zero-order valence-electron chi connectivity index (χ0n) is 18.0. The van der Waals surface area contributed by atoms with Crippen LogP contribution in [-0.2, 0) is 13.0 Å². The number of aromatic nitrogens is 2. The molecule has 0 atom stereocenters. The molecule has 0 unspecified atom stereocenters. The van der Waals surface area contributed by atoms with E-state index in [0.29, 0.717) is 17.9 Å². The first-order valence-electron chi connectivity index (χ1n) is 10.6. The fourth-order valence-corrected chi connectivity index (χ4v) is 3.86. The van der Waals surface area contributed by atoms with Crippen molar-refractivity contribution in [1.29, 1.82) is 0 Å². The molecule has 3 aromatic carbocycles. The normalized spacial score (nSPS) is 10.9. The van der Waals surface area contributed by atoms with E-state index in [9.17, 15) is 4.79 Å². The summed E-state index contributed by atoms with van der Waals surface area (Å²) in [6.45, 7) is 3.47. The Bertz CT molecular complexity index is 1200. The maximum Gasteiger partial charge on any atom is 0.255 e. The van der Waals surface area contributed by atoms with Crippen molar-refractivity contribution in [2.24, 2.45) is 0 Å². The van der Waals surface area contributed by atoms with Crippen molar-refractivity contribution in [3.05, 3.63) is 95.3 Å². The highest BCUT2D eigenvalue weighted by molar-refractivity contribution is 5.96. The van der Waals surface area contributed by atoms with Crippen LogP contribution in [-0.4, -0.2) is 29.1 Å². The topological polar surface area (TPSA) is 56.1 Å². The second kappa shape index (κ2) is 9.47. The van der Waals surface area contributed by atoms with Gasteiger partial charge in [0.1, 0.15) is 11.6 Å². The third-order valence-corrected chi connectivity index (χ3v) is 5.37. The maximum atomic E-state index is 12.5. The lowest BCUT2D eigenvalue weighted by Gasteiger charge is -2.11. The molecule has 158 valence electrons. The van der Waals surface area contributed by atoms with E-state index in [1.54, 1.807) is 19.2 Å². The molecule has 1 heterocycles. The number of nitrogens with zero attached hydrogens (tertiary/aromatic N) is 2. The minimum atomic E-state index is -0.120. The molecule has 0 aliphatic heterocycles. The zero-order chi connectivity index (χ0) is 21.6. The number of benzene rings is 3. The van der Waals surface area contributed by atoms with Crippen LogP contribution >= 0.6 is 0 Å². The van der Waals surface area contributed by atoms with Gasteiger partial charge in [-0.05, 0) is 43.2 Å². The molecule has 0 fully saturated rings. The van der Waals surface area contributed by atoms with E-state index in [4.69, 9.17) is 9.72 Å². The molecule has 0 saturated heterocycles. The Labute approximate surface area is 182 Å². The van der Waals surface area contributed by atoms with E-state index < -0.39 is 0 Å². The number of imidazole rings is 1. The molecule has 1 N–H and O–H groups in total. The van der Waals surface area contributed by atoms with Gasteiger partial charge >= 0.3 is 0 Å². The number of para-hydroxylation sites is 3. The molecule has 0 aliphatic carbocycles. The molecule has 0 aliphatic rings. The van der Waals surface area contributed by atoms with Gasteiger partial charge in [-0.2, -0.15) is 0 Å². The van der Waals surface area contributed by atoms with Crippen molar-refractivity contribution in [1.82, 2.24) is 14.9 Å². The number of nitrogens with one attached hydrogen (secondary N) is 1. The van der Waals surface area contributed by atoms with Gasteiger partial charge in [-0.15, -0.1) is 0 Å². The van der Waals surface area contributed by atoms with Gasteiger partial charge in [0.05, 0.1) is 23.7 Å². The third-order valence-electron chi connectivity index (χ3n) is 5.37. The van der Waals surface area contributed by atoms with Crippen molar-refractivity contribution in [3.63, 3.8) is 0 Å². The smallest absolute Gasteiger partial charge is 0.255 e. The largest absolute Gasteiger partial charge is 0.496 e. The van der Waals surface area contributed by atoms with Gasteiger partial charge in [0.25, 0.3) is 5.91 Å². The number of methoxy groups -OCH3 is 1. The van der Waals surface area contributed by atoms with Crippen LogP contribution in [0, 0.1) is 6.92 Å². The van der Waals surface area contributed by atoms with Gasteiger partial charge in [0.15, 0.2) is 0 Å². The molecule has 0 saturated carbocycles. The number of rotatable bonds is 8. The summed E-state index contributed by atoms with van der Waals surface area (Å²) >= 11 is 0. The number of amides is 1. The molecule has 4 aromatic rings. The standard InChI is InChI=1S/C26H27N3O2/c1-19-9-7-10-20(17-19)18-29-23-13-5-4-12-22(23)28-25(29)15-8-16-27-26(30)21-11-3-6-14-24(21)31-2/h3-7,9-14,17H,8,15-16,18H2,1-2H3,(H,27,30). The van der Waals surface area contributed by atoms with Gasteiger partial charge in [0, 0.05) is 19.5 Å². The van der Waals surface area contributed by atoms with E-state index in [0.717, 1.165) is 36.2 Å². The highest BCUT2D eigenvalue weighted by Gasteiger charge is 2.13. The maximum absolute atomic E-state index is 12.5. The average Bonchev–Trinajstić information content (AvgIpc) is 3.14. The minimum absolute atomic E-state index is 0.120. The fourth-order valence-electron chi connectivity index (χ4n) is 3.86. The summed E-state index contributed by atoms with van der Waals surface area (Å²) in [7, 11) is 1.57. The lowest BCUT2D eigenvalue weighted by Crippen LogP contribution is -2.25. The molecule has 5 nitrogen and oxygen atoms in total. The molecular formula is C26H27N3O2. The Balaban J connectivity index is 1.45. The van der Waals surface area contributed by atoms with Crippen molar-refractivity contribution >= 4 is 16.9 Å². The van der Waals surface area contributed by atoms with E-state index in [1.807, 2.05) is 24.3 Å². The minimum Gasteiger partial charge on any atom is -0.496 e. The molecule has 31 heavy (non-hydrogen) atoms. The molecule has 0 bridgehead atoms. The number of hydrogen-bond donors (Lipinski definition) is 1. The Morgan fingerprint density at radius 3 is 2.68 bits per heavy atom. The molecule has 5 heteroatoms. The van der Waals surface area contributed by atoms with Crippen LogP contribution in [0.1, 0.15) is 33.7 Å². The molecule has 0 radical (unpaired) electrons. The van der Waals surface area contributed by atoms with Crippen molar-refractivity contribution < 1.29 is 9.53 Å². The summed E-state index contributed by atoms with van der Waals surface area (Å²) in [4.78, 5) is 17.4. The molecular weight excluding hydrogens is 386 g/mol. The number of ether oxygens (including phenoxy) is 1. The van der Waals surface area contributed by atoms with E-state index in [-0.39, 0.29) is 5.91 Å². The van der Waals surface area contributed by atoms with Crippen LogP contribution in [0.4, 0.5) is 0 Å². The van der Waals surface area contributed by atoms with Gasteiger partial charge in [0.2, 0.25) is 0 Å².